The zero-order chi connectivity index (χ0) is 15.4. The van der Waals surface area contributed by atoms with Gasteiger partial charge in [-0.25, -0.2) is 0 Å². The molecule has 1 unspecified atom stereocenters. The third-order valence-electron chi connectivity index (χ3n) is 3.46. The van der Waals surface area contributed by atoms with E-state index in [9.17, 15) is 0 Å². The Labute approximate surface area is 131 Å². The Morgan fingerprint density at radius 3 is 2.33 bits per heavy atom. The van der Waals surface area contributed by atoms with Crippen molar-refractivity contribution in [2.75, 3.05) is 31.4 Å². The summed E-state index contributed by atoms with van der Waals surface area (Å²) in [5, 5.41) is 4.11. The molecular formula is C17H21ClN2O. The maximum absolute atomic E-state index is 6.23. The molecule has 0 amide bonds. The molecule has 1 atom stereocenters. The average molecular weight is 305 g/mol. The highest BCUT2D eigenvalue weighted by atomic mass is 35.5. The molecule has 3 nitrogen and oxygen atoms in total. The van der Waals surface area contributed by atoms with Gasteiger partial charge in [0.15, 0.2) is 0 Å². The summed E-state index contributed by atoms with van der Waals surface area (Å²) in [6, 6.07) is 14.2. The van der Waals surface area contributed by atoms with Gasteiger partial charge in [-0.3, -0.25) is 0 Å². The molecule has 1 N–H and O–H groups in total. The van der Waals surface area contributed by atoms with Crippen LogP contribution in [-0.4, -0.2) is 21.2 Å². The van der Waals surface area contributed by atoms with Crippen LogP contribution in [0.25, 0.3) is 0 Å². The van der Waals surface area contributed by atoms with Crippen molar-refractivity contribution in [3.63, 3.8) is 0 Å². The molecule has 0 heterocycles. The number of hydrogen-bond acceptors (Lipinski definition) is 3. The summed E-state index contributed by atoms with van der Waals surface area (Å²) in [4.78, 5) is 2.08. The molecule has 21 heavy (non-hydrogen) atoms. The van der Waals surface area contributed by atoms with E-state index < -0.39 is 0 Å². The van der Waals surface area contributed by atoms with Gasteiger partial charge in [0, 0.05) is 31.9 Å². The minimum atomic E-state index is 0.158. The number of rotatable bonds is 5. The average Bonchev–Trinajstić information content (AvgIpc) is 2.49. The van der Waals surface area contributed by atoms with Gasteiger partial charge in [-0.15, -0.1) is 0 Å². The molecule has 0 spiro atoms. The van der Waals surface area contributed by atoms with Crippen LogP contribution in [0.1, 0.15) is 18.5 Å². The van der Waals surface area contributed by atoms with Gasteiger partial charge in [0.25, 0.3) is 0 Å². The molecule has 0 aliphatic carbocycles. The van der Waals surface area contributed by atoms with Crippen LogP contribution in [0.5, 0.6) is 5.75 Å². The van der Waals surface area contributed by atoms with E-state index in [1.165, 1.54) is 11.3 Å². The first kappa shape index (κ1) is 15.5. The smallest absolute Gasteiger partial charge is 0.121 e. The maximum Gasteiger partial charge on any atom is 0.121 e. The molecule has 4 heteroatoms. The van der Waals surface area contributed by atoms with Crippen LogP contribution in [0.4, 0.5) is 11.4 Å². The Kier molecular flexibility index (Phi) is 4.97. The van der Waals surface area contributed by atoms with Crippen LogP contribution in [0.2, 0.25) is 5.02 Å². The largest absolute Gasteiger partial charge is 0.497 e. The summed E-state index contributed by atoms with van der Waals surface area (Å²) in [6.45, 7) is 2.11. The first-order valence-corrected chi connectivity index (χ1v) is 7.26. The number of ether oxygens (including phenoxy) is 1. The Hall–Kier alpha value is -1.87. The predicted molar refractivity (Wildman–Crippen MR) is 90.8 cm³/mol. The minimum Gasteiger partial charge on any atom is -0.497 e. The molecule has 2 rings (SSSR count). The van der Waals surface area contributed by atoms with E-state index in [4.69, 9.17) is 16.3 Å². The molecule has 0 aliphatic heterocycles. The number of benzene rings is 2. The van der Waals surface area contributed by atoms with E-state index in [1.54, 1.807) is 7.11 Å². The molecule has 2 aromatic carbocycles. The van der Waals surface area contributed by atoms with Gasteiger partial charge in [0.05, 0.1) is 17.8 Å². The summed E-state index contributed by atoms with van der Waals surface area (Å²) in [5.41, 5.74) is 3.27. The molecule has 0 radical (unpaired) electrons. The molecule has 0 bridgehead atoms. The fourth-order valence-corrected chi connectivity index (χ4v) is 2.29. The number of anilines is 2. The molecule has 0 fully saturated rings. The fraction of sp³-hybridized carbons (Fsp3) is 0.294. The van der Waals surface area contributed by atoms with E-state index in [-0.39, 0.29) is 6.04 Å². The zero-order valence-corrected chi connectivity index (χ0v) is 13.6. The molecule has 2 aromatic rings. The Balaban J connectivity index is 2.15. The quantitative estimate of drug-likeness (QED) is 0.874. The van der Waals surface area contributed by atoms with E-state index >= 15 is 0 Å². The van der Waals surface area contributed by atoms with Crippen LogP contribution in [0.15, 0.2) is 42.5 Å². The van der Waals surface area contributed by atoms with Gasteiger partial charge < -0.3 is 15.0 Å². The van der Waals surface area contributed by atoms with Crippen molar-refractivity contribution < 1.29 is 4.74 Å². The van der Waals surface area contributed by atoms with E-state index in [0.717, 1.165) is 11.4 Å². The van der Waals surface area contributed by atoms with Crippen molar-refractivity contribution in [3.05, 3.63) is 53.1 Å². The van der Waals surface area contributed by atoms with Gasteiger partial charge in [0.1, 0.15) is 5.75 Å². The maximum atomic E-state index is 6.23. The van der Waals surface area contributed by atoms with Gasteiger partial charge in [-0.05, 0) is 36.8 Å². The minimum absolute atomic E-state index is 0.158. The van der Waals surface area contributed by atoms with Crippen molar-refractivity contribution in [2.24, 2.45) is 0 Å². The first-order valence-electron chi connectivity index (χ1n) is 6.88. The lowest BCUT2D eigenvalue weighted by Crippen LogP contribution is -2.10. The van der Waals surface area contributed by atoms with Crippen molar-refractivity contribution in [1.29, 1.82) is 0 Å². The van der Waals surface area contributed by atoms with Crippen LogP contribution >= 0.6 is 11.6 Å². The third-order valence-corrected chi connectivity index (χ3v) is 3.78. The lowest BCUT2D eigenvalue weighted by Gasteiger charge is -2.19. The van der Waals surface area contributed by atoms with Gasteiger partial charge >= 0.3 is 0 Å². The monoisotopic (exact) mass is 304 g/mol. The summed E-state index contributed by atoms with van der Waals surface area (Å²) in [7, 11) is 5.72. The van der Waals surface area contributed by atoms with Gasteiger partial charge in [-0.1, -0.05) is 23.7 Å². The zero-order valence-electron chi connectivity index (χ0n) is 12.9. The van der Waals surface area contributed by atoms with Crippen LogP contribution in [0, 0.1) is 0 Å². The molecular weight excluding hydrogens is 284 g/mol. The Bertz CT molecular complexity index is 596. The van der Waals surface area contributed by atoms with E-state index in [1.807, 2.05) is 32.3 Å². The van der Waals surface area contributed by atoms with Gasteiger partial charge in [0.2, 0.25) is 0 Å². The fourth-order valence-electron chi connectivity index (χ4n) is 2.12. The standard InChI is InChI=1S/C17H21ClN2O/c1-12(13-5-7-14(8-6-13)20(2)3)19-17-11-15(21-4)9-10-16(17)18/h5-12,19H,1-4H3. The van der Waals surface area contributed by atoms with Crippen LogP contribution in [-0.2, 0) is 0 Å². The second kappa shape index (κ2) is 6.72. The summed E-state index contributed by atoms with van der Waals surface area (Å²) >= 11 is 6.23. The summed E-state index contributed by atoms with van der Waals surface area (Å²) in [6.07, 6.45) is 0. The van der Waals surface area contributed by atoms with Crippen molar-refractivity contribution >= 4 is 23.0 Å². The van der Waals surface area contributed by atoms with Crippen LogP contribution < -0.4 is 15.0 Å². The first-order chi connectivity index (χ1) is 10.0. The molecule has 0 saturated carbocycles. The lowest BCUT2D eigenvalue weighted by atomic mass is 10.1. The lowest BCUT2D eigenvalue weighted by molar-refractivity contribution is 0.415. The number of nitrogens with zero attached hydrogens (tertiary/aromatic N) is 1. The predicted octanol–water partition coefficient (Wildman–Crippen LogP) is 4.59. The normalized spacial score (nSPS) is 11.9. The molecule has 0 aromatic heterocycles. The third kappa shape index (κ3) is 3.82. The number of methoxy groups -OCH3 is 1. The summed E-state index contributed by atoms with van der Waals surface area (Å²) in [5.74, 6) is 0.789. The number of halogens is 1. The van der Waals surface area contributed by atoms with Crippen molar-refractivity contribution in [2.45, 2.75) is 13.0 Å². The highest BCUT2D eigenvalue weighted by Crippen LogP contribution is 2.30. The molecule has 0 aliphatic rings. The van der Waals surface area contributed by atoms with Crippen molar-refractivity contribution in [3.8, 4) is 5.75 Å². The van der Waals surface area contributed by atoms with Gasteiger partial charge in [-0.2, -0.15) is 0 Å². The van der Waals surface area contributed by atoms with Crippen LogP contribution in [0.3, 0.4) is 0 Å². The summed E-state index contributed by atoms with van der Waals surface area (Å²) < 4.78 is 5.24. The molecule has 0 saturated heterocycles. The number of nitrogens with one attached hydrogen (secondary N) is 1. The van der Waals surface area contributed by atoms with E-state index in [0.29, 0.717) is 5.02 Å². The Morgan fingerprint density at radius 2 is 1.76 bits per heavy atom. The second-order valence-electron chi connectivity index (χ2n) is 5.20. The molecule has 112 valence electrons. The van der Waals surface area contributed by atoms with E-state index in [2.05, 4.69) is 41.4 Å². The number of hydrogen-bond donors (Lipinski definition) is 1. The second-order valence-corrected chi connectivity index (χ2v) is 5.60. The highest BCUT2D eigenvalue weighted by Gasteiger charge is 2.09. The SMILES string of the molecule is COc1ccc(Cl)c(NC(C)c2ccc(N(C)C)cc2)c1. The van der Waals surface area contributed by atoms with Crippen molar-refractivity contribution in [1.82, 2.24) is 0 Å². The topological polar surface area (TPSA) is 24.5 Å². The highest BCUT2D eigenvalue weighted by molar-refractivity contribution is 6.33. The Morgan fingerprint density at radius 1 is 1.10 bits per heavy atom.